The van der Waals surface area contributed by atoms with Crippen molar-refractivity contribution in [2.24, 2.45) is 5.92 Å². The Morgan fingerprint density at radius 3 is 2.54 bits per heavy atom. The van der Waals surface area contributed by atoms with E-state index in [0.29, 0.717) is 30.0 Å². The number of methoxy groups -OCH3 is 1. The van der Waals surface area contributed by atoms with Crippen molar-refractivity contribution in [3.05, 3.63) is 68.6 Å². The molecule has 0 saturated heterocycles. The highest BCUT2D eigenvalue weighted by molar-refractivity contribution is 6.02. The molecule has 0 fully saturated rings. The second kappa shape index (κ2) is 13.5. The van der Waals surface area contributed by atoms with E-state index in [4.69, 9.17) is 9.47 Å². The van der Waals surface area contributed by atoms with Gasteiger partial charge in [0.05, 0.1) is 30.1 Å². The van der Waals surface area contributed by atoms with Crippen LogP contribution in [0.5, 0.6) is 0 Å². The Bertz CT molecular complexity index is 1140. The van der Waals surface area contributed by atoms with Gasteiger partial charge in [0.1, 0.15) is 12.2 Å². The first-order valence-corrected chi connectivity index (χ1v) is 11.8. The Labute approximate surface area is 216 Å². The lowest BCUT2D eigenvalue weighted by Crippen LogP contribution is -2.44. The predicted octanol–water partition coefficient (Wildman–Crippen LogP) is 2.44. The molecule has 0 radical (unpaired) electrons. The molecule has 11 nitrogen and oxygen atoms in total. The molecule has 1 aliphatic heterocycles. The molecule has 3 atom stereocenters. The topological polar surface area (TPSA) is 140 Å². The summed E-state index contributed by atoms with van der Waals surface area (Å²) in [4.78, 5) is 50.4. The van der Waals surface area contributed by atoms with Gasteiger partial charge >= 0.3 is 5.97 Å². The number of allylic oxidation sites excluding steroid dienone is 2. The normalized spacial score (nSPS) is 17.0. The number of carbonyl (C=O) groups is 2. The molecule has 1 aromatic carbocycles. The Kier molecular flexibility index (Phi) is 10.7. The van der Waals surface area contributed by atoms with Gasteiger partial charge in [0, 0.05) is 41.1 Å². The minimum absolute atomic E-state index is 0.156. The minimum atomic E-state index is -0.945. The highest BCUT2D eigenvalue weighted by Crippen LogP contribution is 2.39. The van der Waals surface area contributed by atoms with E-state index in [1.165, 1.54) is 31.4 Å². The van der Waals surface area contributed by atoms with E-state index >= 15 is 0 Å². The highest BCUT2D eigenvalue weighted by atomic mass is 16.6. The van der Waals surface area contributed by atoms with E-state index in [2.05, 4.69) is 10.6 Å². The number of nitro groups is 1. The van der Waals surface area contributed by atoms with Crippen LogP contribution in [0.3, 0.4) is 0 Å². The van der Waals surface area contributed by atoms with E-state index in [1.807, 2.05) is 19.0 Å². The number of ether oxygens (including phenoxy) is 2. The van der Waals surface area contributed by atoms with Crippen LogP contribution in [0.15, 0.2) is 52.9 Å². The number of carbonyl (C=O) groups excluding carboxylic acids is 3. The van der Waals surface area contributed by atoms with Gasteiger partial charge < -0.3 is 25.0 Å². The van der Waals surface area contributed by atoms with Gasteiger partial charge in [0.15, 0.2) is 0 Å². The van der Waals surface area contributed by atoms with Crippen molar-refractivity contribution in [2.45, 2.75) is 39.3 Å². The number of hydrogen-bond donors (Lipinski definition) is 2. The van der Waals surface area contributed by atoms with E-state index in [9.17, 15) is 24.5 Å². The third kappa shape index (κ3) is 7.60. The van der Waals surface area contributed by atoms with Gasteiger partial charge in [-0.15, -0.1) is 0 Å². The van der Waals surface area contributed by atoms with Gasteiger partial charge in [-0.1, -0.05) is 19.1 Å². The summed E-state index contributed by atoms with van der Waals surface area (Å²) in [5, 5.41) is 17.3. The smallest absolute Gasteiger partial charge is 0.336 e. The Morgan fingerprint density at radius 1 is 1.27 bits per heavy atom. The third-order valence-corrected chi connectivity index (χ3v) is 5.95. The van der Waals surface area contributed by atoms with Crippen LogP contribution in [0.2, 0.25) is 0 Å². The number of nitrogens with zero attached hydrogens (tertiary/aromatic N) is 2. The zero-order valence-corrected chi connectivity index (χ0v) is 22.0. The summed E-state index contributed by atoms with van der Waals surface area (Å²) in [7, 11) is 5.10. The van der Waals surface area contributed by atoms with Gasteiger partial charge in [0.2, 0.25) is 0 Å². The van der Waals surface area contributed by atoms with Crippen molar-refractivity contribution in [1.29, 1.82) is 0 Å². The molecule has 11 heteroatoms. The van der Waals surface area contributed by atoms with Gasteiger partial charge in [-0.3, -0.25) is 14.9 Å². The Balaban J connectivity index is 2.50. The predicted molar refractivity (Wildman–Crippen MR) is 137 cm³/mol. The zero-order valence-electron chi connectivity index (χ0n) is 22.0. The molecule has 1 amide bonds. The number of amides is 1. The van der Waals surface area contributed by atoms with Crippen molar-refractivity contribution in [2.75, 3.05) is 34.4 Å². The van der Waals surface area contributed by atoms with Crippen molar-refractivity contribution in [3.63, 3.8) is 0 Å². The summed E-state index contributed by atoms with van der Waals surface area (Å²) in [6.07, 6.45) is 1.11. The van der Waals surface area contributed by atoms with Crippen LogP contribution < -0.4 is 10.6 Å². The number of hydrogen-bond acceptors (Lipinski definition) is 9. The van der Waals surface area contributed by atoms with E-state index in [0.717, 1.165) is 6.54 Å². The quantitative estimate of drug-likeness (QED) is 0.107. The summed E-state index contributed by atoms with van der Waals surface area (Å²) in [6, 6.07) is 5.78. The van der Waals surface area contributed by atoms with Crippen LogP contribution in [0.4, 0.5) is 5.69 Å². The molecule has 2 rings (SSSR count). The summed E-state index contributed by atoms with van der Waals surface area (Å²) in [5.74, 6) is -0.934. The fourth-order valence-corrected chi connectivity index (χ4v) is 4.14. The molecule has 1 aromatic rings. The number of dihydropyridines is 1. The van der Waals surface area contributed by atoms with Crippen LogP contribution in [0, 0.1) is 16.0 Å². The Morgan fingerprint density at radius 2 is 1.95 bits per heavy atom. The molecule has 1 aliphatic rings. The molecule has 0 aromatic heterocycles. The number of rotatable bonds is 12. The molecule has 37 heavy (non-hydrogen) atoms. The lowest BCUT2D eigenvalue weighted by molar-refractivity contribution is -0.384. The zero-order chi connectivity index (χ0) is 27.7. The first kappa shape index (κ1) is 29.4. The van der Waals surface area contributed by atoms with Gasteiger partial charge in [0.25, 0.3) is 11.6 Å². The number of nitrogens with one attached hydrogen (secondary N) is 2. The maximum atomic E-state index is 13.7. The number of non-ortho nitro benzene ring substituents is 1. The number of benzene rings is 1. The fraction of sp³-hybridized carbons (Fsp3) is 0.462. The third-order valence-electron chi connectivity index (χ3n) is 5.95. The van der Waals surface area contributed by atoms with E-state index in [-0.39, 0.29) is 16.8 Å². The second-order valence-electron chi connectivity index (χ2n) is 9.04. The van der Waals surface area contributed by atoms with Crippen LogP contribution in [0.1, 0.15) is 38.7 Å². The van der Waals surface area contributed by atoms with Gasteiger partial charge in [-0.05, 0) is 46.5 Å². The second-order valence-corrected chi connectivity index (χ2v) is 9.04. The first-order chi connectivity index (χ1) is 17.5. The standard InChI is InChI=1S/C26H34N4O7/c1-16(11-13-31)25(37-14-8-12-29(4)5)28-24(32)21-17(2)27-18(3)22(26(33)36-6)23(21)19-9-7-10-20(15-19)30(34)35/h7,9-11,15-16,23,25,27H,8,12,14H2,1-6H3,(H,28,32)/t16?,23-,25-/m0/s1. The van der Waals surface area contributed by atoms with Crippen LogP contribution in [-0.2, 0) is 23.9 Å². The van der Waals surface area contributed by atoms with Gasteiger partial charge in [-0.2, -0.15) is 0 Å². The largest absolute Gasteiger partial charge is 0.466 e. The van der Waals surface area contributed by atoms with Gasteiger partial charge in [-0.25, -0.2) is 9.59 Å². The molecular formula is C26H34N4O7. The van der Waals surface area contributed by atoms with Crippen LogP contribution >= 0.6 is 0 Å². The molecular weight excluding hydrogens is 480 g/mol. The maximum absolute atomic E-state index is 13.7. The van der Waals surface area contributed by atoms with Crippen molar-refractivity contribution in [1.82, 2.24) is 15.5 Å². The summed E-state index contributed by atoms with van der Waals surface area (Å²) in [5.41, 5.74) is 1.46. The molecule has 0 saturated carbocycles. The van der Waals surface area contributed by atoms with Crippen molar-refractivity contribution >= 4 is 23.5 Å². The summed E-state index contributed by atoms with van der Waals surface area (Å²) < 4.78 is 10.9. The number of esters is 1. The van der Waals surface area contributed by atoms with E-state index < -0.39 is 34.9 Å². The highest BCUT2D eigenvalue weighted by Gasteiger charge is 2.38. The first-order valence-electron chi connectivity index (χ1n) is 11.8. The molecule has 0 aliphatic carbocycles. The van der Waals surface area contributed by atoms with E-state index in [1.54, 1.807) is 32.8 Å². The SMILES string of the molecule is COC(=O)C1=C(C)NC(C)=C(C(=O)N[C@@H](OCCCN(C)C)C(C)C=C=O)[C@@H]1c1cccc([N+](=O)[O-])c1. The average Bonchev–Trinajstić information content (AvgIpc) is 2.84. The lowest BCUT2D eigenvalue weighted by Gasteiger charge is -2.32. The Hall–Kier alpha value is -3.79. The van der Waals surface area contributed by atoms with Crippen molar-refractivity contribution in [3.8, 4) is 0 Å². The molecule has 0 bridgehead atoms. The average molecular weight is 515 g/mol. The summed E-state index contributed by atoms with van der Waals surface area (Å²) >= 11 is 0. The lowest BCUT2D eigenvalue weighted by atomic mass is 9.80. The molecule has 1 heterocycles. The molecule has 0 spiro atoms. The monoisotopic (exact) mass is 514 g/mol. The minimum Gasteiger partial charge on any atom is -0.466 e. The molecule has 2 N–H and O–H groups in total. The summed E-state index contributed by atoms with van der Waals surface area (Å²) in [6.45, 7) is 6.16. The fourth-order valence-electron chi connectivity index (χ4n) is 4.14. The maximum Gasteiger partial charge on any atom is 0.336 e. The van der Waals surface area contributed by atoms with Crippen LogP contribution in [0.25, 0.3) is 0 Å². The van der Waals surface area contributed by atoms with Crippen molar-refractivity contribution < 1.29 is 28.8 Å². The number of nitro benzene ring substituents is 1. The molecule has 200 valence electrons. The molecule has 1 unspecified atom stereocenters. The van der Waals surface area contributed by atoms with Crippen LogP contribution in [-0.4, -0.2) is 68.2 Å².